The van der Waals surface area contributed by atoms with Crippen molar-refractivity contribution in [2.75, 3.05) is 5.43 Å². The van der Waals surface area contributed by atoms with Crippen LogP contribution in [-0.4, -0.2) is 4.98 Å². The van der Waals surface area contributed by atoms with Gasteiger partial charge in [0.15, 0.2) is 0 Å². The molecule has 2 rings (SSSR count). The summed E-state index contributed by atoms with van der Waals surface area (Å²) in [7, 11) is 0. The lowest BCUT2D eigenvalue weighted by Crippen LogP contribution is -2.12. The van der Waals surface area contributed by atoms with Crippen LogP contribution in [0.3, 0.4) is 0 Å². The molecule has 0 saturated carbocycles. The van der Waals surface area contributed by atoms with E-state index < -0.39 is 17.6 Å². The summed E-state index contributed by atoms with van der Waals surface area (Å²) >= 11 is 5.55. The second-order valence-electron chi connectivity index (χ2n) is 3.90. The van der Waals surface area contributed by atoms with E-state index in [1.165, 1.54) is 6.07 Å². The number of nitrogen functional groups attached to an aromatic ring is 1. The number of rotatable bonds is 3. The van der Waals surface area contributed by atoms with Crippen molar-refractivity contribution in [3.8, 4) is 11.6 Å². The molecular formula is C12H8ClF4N3O. The van der Waals surface area contributed by atoms with E-state index >= 15 is 0 Å². The molecule has 3 N–H and O–H groups in total. The third-order valence-electron chi connectivity index (χ3n) is 2.39. The van der Waals surface area contributed by atoms with Crippen molar-refractivity contribution in [1.29, 1.82) is 0 Å². The van der Waals surface area contributed by atoms with Gasteiger partial charge in [-0.1, -0.05) is 11.6 Å². The average molecular weight is 322 g/mol. The molecule has 0 saturated heterocycles. The van der Waals surface area contributed by atoms with Gasteiger partial charge in [0, 0.05) is 12.1 Å². The summed E-state index contributed by atoms with van der Waals surface area (Å²) in [5.74, 6) is 3.84. The predicted octanol–water partition coefficient (Wildman–Crippen LogP) is 3.97. The van der Waals surface area contributed by atoms with Gasteiger partial charge in [-0.2, -0.15) is 18.2 Å². The number of halogens is 5. The van der Waals surface area contributed by atoms with E-state index in [4.69, 9.17) is 22.2 Å². The van der Waals surface area contributed by atoms with Crippen LogP contribution < -0.4 is 16.0 Å². The molecule has 9 heteroatoms. The zero-order valence-electron chi connectivity index (χ0n) is 10.2. The lowest BCUT2D eigenvalue weighted by Gasteiger charge is -2.12. The van der Waals surface area contributed by atoms with Crippen molar-refractivity contribution < 1.29 is 22.3 Å². The Kier molecular flexibility index (Phi) is 4.19. The van der Waals surface area contributed by atoms with Gasteiger partial charge in [0.1, 0.15) is 17.4 Å². The maximum Gasteiger partial charge on any atom is 0.416 e. The van der Waals surface area contributed by atoms with E-state index in [9.17, 15) is 17.6 Å². The number of benzene rings is 1. The van der Waals surface area contributed by atoms with Crippen LogP contribution in [0.25, 0.3) is 0 Å². The molecule has 2 aromatic rings. The number of nitrogens with two attached hydrogens (primary N) is 1. The minimum Gasteiger partial charge on any atom is -0.439 e. The zero-order valence-corrected chi connectivity index (χ0v) is 11.0. The number of pyridine rings is 1. The Hall–Kier alpha value is -2.06. The van der Waals surface area contributed by atoms with Crippen LogP contribution in [0.1, 0.15) is 5.56 Å². The SMILES string of the molecule is NNc1cc(C(F)(F)F)cc(Oc2ccc(F)c(Cl)c2)n1. The smallest absolute Gasteiger partial charge is 0.416 e. The van der Waals surface area contributed by atoms with Crippen LogP contribution in [0.4, 0.5) is 23.4 Å². The first-order valence-corrected chi connectivity index (χ1v) is 5.86. The molecule has 0 unspecified atom stereocenters. The van der Waals surface area contributed by atoms with Crippen molar-refractivity contribution in [3.63, 3.8) is 0 Å². The third-order valence-corrected chi connectivity index (χ3v) is 2.68. The summed E-state index contributed by atoms with van der Waals surface area (Å²) in [5.41, 5.74) is 1.02. The summed E-state index contributed by atoms with van der Waals surface area (Å²) in [6, 6.07) is 4.77. The highest BCUT2D eigenvalue weighted by molar-refractivity contribution is 6.30. The van der Waals surface area contributed by atoms with Crippen molar-refractivity contribution >= 4 is 17.4 Å². The minimum absolute atomic E-state index is 0.0381. The van der Waals surface area contributed by atoms with E-state index in [0.717, 1.165) is 18.2 Å². The normalized spacial score (nSPS) is 11.3. The average Bonchev–Trinajstić information content (AvgIpc) is 2.41. The predicted molar refractivity (Wildman–Crippen MR) is 68.5 cm³/mol. The van der Waals surface area contributed by atoms with Gasteiger partial charge in [0.25, 0.3) is 0 Å². The number of nitrogens with zero attached hydrogens (tertiary/aromatic N) is 1. The Labute approximate surface area is 121 Å². The number of hydrazine groups is 1. The van der Waals surface area contributed by atoms with Crippen LogP contribution in [-0.2, 0) is 6.18 Å². The molecule has 21 heavy (non-hydrogen) atoms. The van der Waals surface area contributed by atoms with Crippen LogP contribution in [0, 0.1) is 5.82 Å². The Morgan fingerprint density at radius 1 is 1.19 bits per heavy atom. The number of nitrogens with one attached hydrogen (secondary N) is 1. The lowest BCUT2D eigenvalue weighted by atomic mass is 10.2. The fourth-order valence-electron chi connectivity index (χ4n) is 1.46. The monoisotopic (exact) mass is 321 g/mol. The topological polar surface area (TPSA) is 60.2 Å². The molecule has 0 atom stereocenters. The quantitative estimate of drug-likeness (QED) is 0.510. The highest BCUT2D eigenvalue weighted by Gasteiger charge is 2.32. The Balaban J connectivity index is 2.36. The molecule has 1 aromatic heterocycles. The number of hydrogen-bond acceptors (Lipinski definition) is 4. The molecule has 1 aromatic carbocycles. The molecule has 0 aliphatic carbocycles. The first kappa shape index (κ1) is 15.3. The maximum atomic E-state index is 13.0. The number of hydrogen-bond donors (Lipinski definition) is 2. The first-order chi connectivity index (χ1) is 9.79. The number of aromatic nitrogens is 1. The molecule has 0 radical (unpaired) electrons. The summed E-state index contributed by atoms with van der Waals surface area (Å²) in [5, 5.41) is -0.225. The minimum atomic E-state index is -4.59. The molecule has 0 bridgehead atoms. The van der Waals surface area contributed by atoms with Crippen molar-refractivity contribution in [1.82, 2.24) is 4.98 Å². The van der Waals surface area contributed by atoms with Gasteiger partial charge >= 0.3 is 6.18 Å². The van der Waals surface area contributed by atoms with Gasteiger partial charge in [-0.3, -0.25) is 0 Å². The first-order valence-electron chi connectivity index (χ1n) is 5.48. The standard InChI is InChI=1S/C12H8ClF4N3O/c13-8-5-7(1-2-9(8)14)21-11-4-6(12(15,16)17)3-10(19-11)20-18/h1-5H,18H2,(H,19,20). The van der Waals surface area contributed by atoms with Gasteiger partial charge in [-0.25, -0.2) is 10.2 Å². The second kappa shape index (κ2) is 5.74. The largest absolute Gasteiger partial charge is 0.439 e. The van der Waals surface area contributed by atoms with Gasteiger partial charge in [-0.05, 0) is 18.2 Å². The fourth-order valence-corrected chi connectivity index (χ4v) is 1.63. The van der Waals surface area contributed by atoms with Gasteiger partial charge in [0.05, 0.1) is 10.6 Å². The van der Waals surface area contributed by atoms with Gasteiger partial charge in [0.2, 0.25) is 5.88 Å². The van der Waals surface area contributed by atoms with Crippen molar-refractivity contribution in [2.45, 2.75) is 6.18 Å². The van der Waals surface area contributed by atoms with Crippen molar-refractivity contribution in [3.05, 3.63) is 46.7 Å². The van der Waals surface area contributed by atoms with E-state index in [2.05, 4.69) is 4.98 Å². The maximum absolute atomic E-state index is 13.0. The zero-order chi connectivity index (χ0) is 15.6. The molecule has 112 valence electrons. The summed E-state index contributed by atoms with van der Waals surface area (Å²) in [6.07, 6.45) is -4.59. The Morgan fingerprint density at radius 3 is 2.48 bits per heavy atom. The molecule has 0 fully saturated rings. The third kappa shape index (κ3) is 3.73. The van der Waals surface area contributed by atoms with Gasteiger partial charge in [-0.15, -0.1) is 0 Å². The lowest BCUT2D eigenvalue weighted by molar-refractivity contribution is -0.137. The second-order valence-corrected chi connectivity index (χ2v) is 4.31. The summed E-state index contributed by atoms with van der Waals surface area (Å²) in [4.78, 5) is 3.72. The number of alkyl halides is 3. The fraction of sp³-hybridized carbons (Fsp3) is 0.0833. The Morgan fingerprint density at radius 2 is 1.90 bits per heavy atom. The van der Waals surface area contributed by atoms with E-state index in [1.807, 2.05) is 5.43 Å². The summed E-state index contributed by atoms with van der Waals surface area (Å²) < 4.78 is 56.3. The van der Waals surface area contributed by atoms with Crippen LogP contribution >= 0.6 is 11.6 Å². The van der Waals surface area contributed by atoms with Crippen LogP contribution in [0.2, 0.25) is 5.02 Å². The molecular weight excluding hydrogens is 314 g/mol. The molecule has 0 amide bonds. The highest BCUT2D eigenvalue weighted by atomic mass is 35.5. The van der Waals surface area contributed by atoms with E-state index in [-0.39, 0.29) is 22.5 Å². The Bertz CT molecular complexity index is 663. The molecule has 1 heterocycles. The van der Waals surface area contributed by atoms with E-state index in [1.54, 1.807) is 0 Å². The molecule has 4 nitrogen and oxygen atoms in total. The van der Waals surface area contributed by atoms with Crippen molar-refractivity contribution in [2.24, 2.45) is 5.84 Å². The van der Waals surface area contributed by atoms with Crippen LogP contribution in [0.5, 0.6) is 11.6 Å². The number of anilines is 1. The van der Waals surface area contributed by atoms with Gasteiger partial charge < -0.3 is 10.2 Å². The molecule has 0 aliphatic rings. The molecule has 0 spiro atoms. The summed E-state index contributed by atoms with van der Waals surface area (Å²) in [6.45, 7) is 0. The van der Waals surface area contributed by atoms with E-state index in [0.29, 0.717) is 6.07 Å². The van der Waals surface area contributed by atoms with Crippen LogP contribution in [0.15, 0.2) is 30.3 Å². The molecule has 0 aliphatic heterocycles. The highest BCUT2D eigenvalue weighted by Crippen LogP contribution is 2.34. The number of ether oxygens (including phenoxy) is 1.